The predicted octanol–water partition coefficient (Wildman–Crippen LogP) is 4.13. The van der Waals surface area contributed by atoms with Gasteiger partial charge in [-0.15, -0.1) is 0 Å². The number of rotatable bonds is 5. The molecule has 110 valence electrons. The van der Waals surface area contributed by atoms with Crippen molar-refractivity contribution in [3.63, 3.8) is 0 Å². The van der Waals surface area contributed by atoms with Crippen molar-refractivity contribution in [3.8, 4) is 0 Å². The molecule has 2 atom stereocenters. The third kappa shape index (κ3) is 3.85. The highest BCUT2D eigenvalue weighted by molar-refractivity contribution is 5.97. The van der Waals surface area contributed by atoms with Gasteiger partial charge in [0.05, 0.1) is 11.7 Å². The first-order valence-corrected chi connectivity index (χ1v) is 7.20. The Labute approximate surface area is 118 Å². The summed E-state index contributed by atoms with van der Waals surface area (Å²) >= 11 is 0. The van der Waals surface area contributed by atoms with Crippen molar-refractivity contribution in [1.82, 2.24) is 0 Å². The van der Waals surface area contributed by atoms with Crippen LogP contribution in [0, 0.1) is 17.6 Å². The van der Waals surface area contributed by atoms with Gasteiger partial charge in [-0.1, -0.05) is 26.2 Å². The fraction of sp³-hybridized carbons (Fsp3) is 0.562. The zero-order valence-corrected chi connectivity index (χ0v) is 11.7. The summed E-state index contributed by atoms with van der Waals surface area (Å²) in [6.07, 6.45) is 5.46. The van der Waals surface area contributed by atoms with Crippen molar-refractivity contribution < 1.29 is 18.3 Å². The molecule has 1 fully saturated rings. The molecule has 2 unspecified atom stereocenters. The summed E-state index contributed by atoms with van der Waals surface area (Å²) in [5, 5.41) is 0. The summed E-state index contributed by atoms with van der Waals surface area (Å²) in [4.78, 5) is 11.9. The number of benzene rings is 1. The lowest BCUT2D eigenvalue weighted by Gasteiger charge is -2.28. The van der Waals surface area contributed by atoms with Gasteiger partial charge in [-0.05, 0) is 30.9 Å². The number of ketones is 1. The van der Waals surface area contributed by atoms with Crippen LogP contribution in [0.25, 0.3) is 0 Å². The van der Waals surface area contributed by atoms with Crippen molar-refractivity contribution in [2.75, 3.05) is 6.61 Å². The van der Waals surface area contributed by atoms with E-state index in [0.717, 1.165) is 37.8 Å². The number of carbonyl (C=O) groups is 1. The molecule has 0 radical (unpaired) electrons. The summed E-state index contributed by atoms with van der Waals surface area (Å²) in [5.41, 5.74) is -0.103. The van der Waals surface area contributed by atoms with Crippen molar-refractivity contribution in [1.29, 1.82) is 0 Å². The third-order valence-electron chi connectivity index (χ3n) is 3.99. The van der Waals surface area contributed by atoms with Crippen LogP contribution in [0.15, 0.2) is 18.2 Å². The maximum Gasteiger partial charge on any atom is 0.191 e. The van der Waals surface area contributed by atoms with Gasteiger partial charge in [0.2, 0.25) is 0 Å². The molecule has 2 rings (SSSR count). The molecule has 0 aromatic heterocycles. The van der Waals surface area contributed by atoms with E-state index in [-0.39, 0.29) is 18.3 Å². The van der Waals surface area contributed by atoms with E-state index in [4.69, 9.17) is 4.74 Å². The largest absolute Gasteiger partial charge is 0.370 e. The van der Waals surface area contributed by atoms with Gasteiger partial charge in [-0.3, -0.25) is 4.79 Å². The first-order chi connectivity index (χ1) is 9.60. The summed E-state index contributed by atoms with van der Waals surface area (Å²) < 4.78 is 31.9. The van der Waals surface area contributed by atoms with Gasteiger partial charge in [0.15, 0.2) is 5.78 Å². The Kier molecular flexibility index (Phi) is 5.24. The minimum absolute atomic E-state index is 0.0844. The van der Waals surface area contributed by atoms with Gasteiger partial charge < -0.3 is 4.74 Å². The molecule has 0 saturated heterocycles. The number of halogens is 2. The van der Waals surface area contributed by atoms with E-state index >= 15 is 0 Å². The SMILES string of the molecule is CCC1CCCC(OCC(=O)c2ccc(F)cc2F)C1. The molecule has 1 aromatic carbocycles. The molecule has 20 heavy (non-hydrogen) atoms. The highest BCUT2D eigenvalue weighted by atomic mass is 19.1. The Morgan fingerprint density at radius 3 is 2.85 bits per heavy atom. The Bertz CT molecular complexity index is 474. The Morgan fingerprint density at radius 1 is 1.35 bits per heavy atom. The van der Waals surface area contributed by atoms with E-state index in [1.165, 1.54) is 12.5 Å². The van der Waals surface area contributed by atoms with E-state index in [2.05, 4.69) is 6.92 Å². The Hall–Kier alpha value is -1.29. The topological polar surface area (TPSA) is 26.3 Å². The van der Waals surface area contributed by atoms with Crippen LogP contribution in [0.5, 0.6) is 0 Å². The molecule has 0 bridgehead atoms. The molecular weight excluding hydrogens is 262 g/mol. The molecular formula is C16H20F2O2. The normalized spacial score (nSPS) is 22.8. The number of hydrogen-bond donors (Lipinski definition) is 0. The van der Waals surface area contributed by atoms with E-state index in [1.807, 2.05) is 0 Å². The Morgan fingerprint density at radius 2 is 2.15 bits per heavy atom. The smallest absolute Gasteiger partial charge is 0.191 e. The Balaban J connectivity index is 1.88. The average Bonchev–Trinajstić information content (AvgIpc) is 2.45. The zero-order chi connectivity index (χ0) is 14.5. The van der Waals surface area contributed by atoms with Crippen LogP contribution >= 0.6 is 0 Å². The van der Waals surface area contributed by atoms with Crippen LogP contribution in [0.1, 0.15) is 49.4 Å². The molecule has 2 nitrogen and oxygen atoms in total. The molecule has 0 aliphatic heterocycles. The van der Waals surface area contributed by atoms with Crippen molar-refractivity contribution in [2.24, 2.45) is 5.92 Å². The summed E-state index contributed by atoms with van der Waals surface area (Å²) in [6, 6.07) is 2.98. The highest BCUT2D eigenvalue weighted by Gasteiger charge is 2.22. The number of ether oxygens (including phenoxy) is 1. The fourth-order valence-corrected chi connectivity index (χ4v) is 2.75. The van der Waals surface area contributed by atoms with Crippen LogP contribution in [-0.2, 0) is 4.74 Å². The molecule has 0 N–H and O–H groups in total. The monoisotopic (exact) mass is 282 g/mol. The van der Waals surface area contributed by atoms with Gasteiger partial charge in [0.1, 0.15) is 18.2 Å². The second-order valence-electron chi connectivity index (χ2n) is 5.42. The summed E-state index contributed by atoms with van der Waals surface area (Å²) in [6.45, 7) is 2.02. The molecule has 0 heterocycles. The quantitative estimate of drug-likeness (QED) is 0.759. The third-order valence-corrected chi connectivity index (χ3v) is 3.99. The van der Waals surface area contributed by atoms with Crippen LogP contribution < -0.4 is 0 Å². The number of carbonyl (C=O) groups excluding carboxylic acids is 1. The van der Waals surface area contributed by atoms with Crippen LogP contribution in [-0.4, -0.2) is 18.5 Å². The van der Waals surface area contributed by atoms with E-state index in [9.17, 15) is 13.6 Å². The molecule has 0 amide bonds. The lowest BCUT2D eigenvalue weighted by Crippen LogP contribution is -2.25. The second-order valence-corrected chi connectivity index (χ2v) is 5.42. The average molecular weight is 282 g/mol. The molecule has 1 aromatic rings. The number of hydrogen-bond acceptors (Lipinski definition) is 2. The van der Waals surface area contributed by atoms with E-state index in [1.54, 1.807) is 0 Å². The van der Waals surface area contributed by atoms with Gasteiger partial charge >= 0.3 is 0 Å². The minimum Gasteiger partial charge on any atom is -0.370 e. The van der Waals surface area contributed by atoms with Crippen LogP contribution in [0.3, 0.4) is 0 Å². The maximum atomic E-state index is 13.5. The van der Waals surface area contributed by atoms with Crippen molar-refractivity contribution in [3.05, 3.63) is 35.4 Å². The fourth-order valence-electron chi connectivity index (χ4n) is 2.75. The number of Topliss-reactive ketones (excluding diaryl/α,β-unsaturated/α-hetero) is 1. The highest BCUT2D eigenvalue weighted by Crippen LogP contribution is 2.28. The second kappa shape index (κ2) is 6.93. The summed E-state index contributed by atoms with van der Waals surface area (Å²) in [5.74, 6) is -1.28. The minimum atomic E-state index is -0.825. The van der Waals surface area contributed by atoms with Crippen LogP contribution in [0.2, 0.25) is 0 Å². The standard InChI is InChI=1S/C16H20F2O2/c1-2-11-4-3-5-13(8-11)20-10-16(19)14-7-6-12(17)9-15(14)18/h6-7,9,11,13H,2-5,8,10H2,1H3. The lowest BCUT2D eigenvalue weighted by atomic mass is 9.85. The van der Waals surface area contributed by atoms with Gasteiger partial charge in [0.25, 0.3) is 0 Å². The first-order valence-electron chi connectivity index (χ1n) is 7.20. The van der Waals surface area contributed by atoms with Gasteiger partial charge in [0, 0.05) is 6.07 Å². The van der Waals surface area contributed by atoms with E-state index < -0.39 is 17.4 Å². The lowest BCUT2D eigenvalue weighted by molar-refractivity contribution is 0.0155. The molecule has 1 aliphatic carbocycles. The van der Waals surface area contributed by atoms with E-state index in [0.29, 0.717) is 5.92 Å². The van der Waals surface area contributed by atoms with Gasteiger partial charge in [-0.25, -0.2) is 8.78 Å². The molecule has 4 heteroatoms. The van der Waals surface area contributed by atoms with Crippen molar-refractivity contribution in [2.45, 2.75) is 45.1 Å². The maximum absolute atomic E-state index is 13.5. The summed E-state index contributed by atoms with van der Waals surface area (Å²) in [7, 11) is 0. The molecule has 1 aliphatic rings. The first kappa shape index (κ1) is 15.1. The zero-order valence-electron chi connectivity index (χ0n) is 11.7. The van der Waals surface area contributed by atoms with Gasteiger partial charge in [-0.2, -0.15) is 0 Å². The predicted molar refractivity (Wildman–Crippen MR) is 72.7 cm³/mol. The molecule has 0 spiro atoms. The molecule has 1 saturated carbocycles. The van der Waals surface area contributed by atoms with Crippen LogP contribution in [0.4, 0.5) is 8.78 Å². The van der Waals surface area contributed by atoms with Crippen molar-refractivity contribution >= 4 is 5.78 Å².